The minimum atomic E-state index is -1.47. The third-order valence-corrected chi connectivity index (χ3v) is 2.86. The Morgan fingerprint density at radius 3 is 2.50 bits per heavy atom. The molecule has 1 atom stereocenters. The third kappa shape index (κ3) is 4.63. The predicted octanol–water partition coefficient (Wildman–Crippen LogP) is 1.48. The van der Waals surface area contributed by atoms with Gasteiger partial charge in [0.05, 0.1) is 19.1 Å². The maximum Gasteiger partial charge on any atom is 0.255 e. The van der Waals surface area contributed by atoms with Crippen molar-refractivity contribution in [3.8, 4) is 6.07 Å². The van der Waals surface area contributed by atoms with E-state index >= 15 is 0 Å². The summed E-state index contributed by atoms with van der Waals surface area (Å²) in [6.45, 7) is 5.77. The number of hydrogen-bond donors (Lipinski definition) is 1. The molecular weight excluding hydrogens is 175 g/mol. The zero-order chi connectivity index (χ0) is 9.40. The van der Waals surface area contributed by atoms with E-state index in [9.17, 15) is 4.89 Å². The van der Waals surface area contributed by atoms with E-state index in [1.807, 2.05) is 24.6 Å². The molecule has 0 saturated heterocycles. The van der Waals surface area contributed by atoms with Crippen LogP contribution < -0.4 is 0 Å². The average Bonchev–Trinajstić information content (AvgIpc) is 2.07. The van der Waals surface area contributed by atoms with E-state index in [0.29, 0.717) is 13.0 Å². The van der Waals surface area contributed by atoms with Gasteiger partial charge in [0, 0.05) is 13.1 Å². The van der Waals surface area contributed by atoms with Gasteiger partial charge < -0.3 is 9.42 Å². The van der Waals surface area contributed by atoms with Gasteiger partial charge in [-0.2, -0.15) is 5.26 Å². The minimum Gasteiger partial charge on any atom is -0.338 e. The van der Waals surface area contributed by atoms with Crippen molar-refractivity contribution in [2.45, 2.75) is 20.3 Å². The van der Waals surface area contributed by atoms with Crippen molar-refractivity contribution in [3.05, 3.63) is 0 Å². The fourth-order valence-corrected chi connectivity index (χ4v) is 1.62. The van der Waals surface area contributed by atoms with E-state index in [1.165, 1.54) is 0 Å². The van der Waals surface area contributed by atoms with Crippen LogP contribution in [0, 0.1) is 11.3 Å². The Kier molecular flexibility index (Phi) is 7.33. The Balaban J connectivity index is 3.55. The first-order valence-corrected chi connectivity index (χ1v) is 5.16. The molecule has 0 aliphatic rings. The maximum atomic E-state index is 9.39. The second kappa shape index (κ2) is 7.45. The molecule has 0 fully saturated rings. The quantitative estimate of drug-likeness (QED) is 0.509. The van der Waals surface area contributed by atoms with Crippen molar-refractivity contribution in [2.24, 2.45) is 0 Å². The predicted molar refractivity (Wildman–Crippen MR) is 48.2 cm³/mol. The molecule has 0 aromatic carbocycles. The molecule has 0 radical (unpaired) electrons. The van der Waals surface area contributed by atoms with Crippen molar-refractivity contribution >= 4 is 8.53 Å². The topological polar surface area (TPSA) is 56.5 Å². The van der Waals surface area contributed by atoms with Crippen molar-refractivity contribution in [1.29, 1.82) is 5.26 Å². The van der Waals surface area contributed by atoms with Crippen LogP contribution in [0.4, 0.5) is 0 Å². The van der Waals surface area contributed by atoms with Gasteiger partial charge in [-0.3, -0.25) is 0 Å². The van der Waals surface area contributed by atoms with Crippen molar-refractivity contribution < 1.29 is 9.42 Å². The smallest absolute Gasteiger partial charge is 0.255 e. The van der Waals surface area contributed by atoms with Gasteiger partial charge in [0.25, 0.3) is 8.53 Å². The summed E-state index contributed by atoms with van der Waals surface area (Å²) in [4.78, 5) is 9.39. The molecule has 0 saturated carbocycles. The number of nitriles is 1. The van der Waals surface area contributed by atoms with E-state index in [1.54, 1.807) is 0 Å². The van der Waals surface area contributed by atoms with Crippen molar-refractivity contribution in [2.75, 3.05) is 19.7 Å². The zero-order valence-electron chi connectivity index (χ0n) is 7.53. The summed E-state index contributed by atoms with van der Waals surface area (Å²) in [5.41, 5.74) is 0. The molecule has 0 bridgehead atoms. The number of nitrogens with zero attached hydrogens (tertiary/aromatic N) is 2. The van der Waals surface area contributed by atoms with Gasteiger partial charge in [-0.05, 0) is 0 Å². The maximum absolute atomic E-state index is 9.39. The molecule has 0 amide bonds. The fourth-order valence-electron chi connectivity index (χ4n) is 0.720. The lowest BCUT2D eigenvalue weighted by molar-refractivity contribution is 0.266. The van der Waals surface area contributed by atoms with Crippen molar-refractivity contribution in [1.82, 2.24) is 4.67 Å². The molecule has 0 aromatic rings. The lowest BCUT2D eigenvalue weighted by Gasteiger charge is -2.22. The molecule has 70 valence electrons. The van der Waals surface area contributed by atoms with E-state index in [-0.39, 0.29) is 0 Å². The Hall–Kier alpha value is -0.200. The molecular formula is C7H15N2O2P. The largest absolute Gasteiger partial charge is 0.338 e. The second-order valence-corrected chi connectivity index (χ2v) is 3.46. The van der Waals surface area contributed by atoms with Gasteiger partial charge in [0.15, 0.2) is 0 Å². The molecule has 0 heterocycles. The fraction of sp³-hybridized carbons (Fsp3) is 0.857. The summed E-state index contributed by atoms with van der Waals surface area (Å²) >= 11 is 0. The lowest BCUT2D eigenvalue weighted by Crippen LogP contribution is -2.17. The first-order chi connectivity index (χ1) is 5.76. The summed E-state index contributed by atoms with van der Waals surface area (Å²) in [5.74, 6) is 0. The molecule has 0 aliphatic heterocycles. The summed E-state index contributed by atoms with van der Waals surface area (Å²) in [6.07, 6.45) is 0.334. The molecule has 12 heavy (non-hydrogen) atoms. The average molecular weight is 190 g/mol. The van der Waals surface area contributed by atoms with E-state index in [4.69, 9.17) is 9.79 Å². The summed E-state index contributed by atoms with van der Waals surface area (Å²) in [6, 6.07) is 1.95. The Labute approximate surface area is 74.7 Å². The van der Waals surface area contributed by atoms with Crippen LogP contribution in [0.15, 0.2) is 0 Å². The summed E-state index contributed by atoms with van der Waals surface area (Å²) in [5, 5.41) is 8.21. The van der Waals surface area contributed by atoms with Gasteiger partial charge in [-0.1, -0.05) is 13.8 Å². The molecule has 0 aliphatic carbocycles. The minimum absolute atomic E-state index is 0.315. The van der Waals surface area contributed by atoms with Crippen LogP contribution in [0.5, 0.6) is 0 Å². The highest BCUT2D eigenvalue weighted by molar-refractivity contribution is 7.43. The van der Waals surface area contributed by atoms with E-state index in [2.05, 4.69) is 0 Å². The van der Waals surface area contributed by atoms with Gasteiger partial charge in [-0.25, -0.2) is 4.67 Å². The van der Waals surface area contributed by atoms with Crippen LogP contribution in [-0.2, 0) is 4.52 Å². The van der Waals surface area contributed by atoms with E-state index in [0.717, 1.165) is 13.1 Å². The molecule has 5 heteroatoms. The highest BCUT2D eigenvalue weighted by Crippen LogP contribution is 2.35. The van der Waals surface area contributed by atoms with Crippen molar-refractivity contribution in [3.63, 3.8) is 0 Å². The highest BCUT2D eigenvalue weighted by atomic mass is 31.2. The molecule has 0 rings (SSSR count). The zero-order valence-corrected chi connectivity index (χ0v) is 8.42. The normalized spacial score (nSPS) is 12.9. The first-order valence-electron chi connectivity index (χ1n) is 4.00. The van der Waals surface area contributed by atoms with Gasteiger partial charge in [-0.15, -0.1) is 0 Å². The monoisotopic (exact) mass is 190 g/mol. The first kappa shape index (κ1) is 11.8. The van der Waals surface area contributed by atoms with Crippen LogP contribution in [0.25, 0.3) is 0 Å². The Bertz CT molecular complexity index is 145. The van der Waals surface area contributed by atoms with Gasteiger partial charge >= 0.3 is 0 Å². The van der Waals surface area contributed by atoms with Gasteiger partial charge in [0.1, 0.15) is 0 Å². The molecule has 1 N–H and O–H groups in total. The van der Waals surface area contributed by atoms with E-state index < -0.39 is 8.53 Å². The summed E-state index contributed by atoms with van der Waals surface area (Å²) in [7, 11) is -1.47. The standard InChI is InChI=1S/C7H15N2O2P/c1-3-9(4-2)12(10)11-7-5-6-8/h10H,3-5,7H2,1-2H3. The van der Waals surface area contributed by atoms with Crippen LogP contribution >= 0.6 is 8.53 Å². The highest BCUT2D eigenvalue weighted by Gasteiger charge is 2.12. The molecule has 4 nitrogen and oxygen atoms in total. The van der Waals surface area contributed by atoms with Gasteiger partial charge in [0.2, 0.25) is 0 Å². The van der Waals surface area contributed by atoms with Crippen LogP contribution in [0.3, 0.4) is 0 Å². The second-order valence-electron chi connectivity index (χ2n) is 2.13. The molecule has 0 aromatic heterocycles. The van der Waals surface area contributed by atoms with Crippen LogP contribution in [0.1, 0.15) is 20.3 Å². The number of hydrogen-bond acceptors (Lipinski definition) is 4. The lowest BCUT2D eigenvalue weighted by atomic mass is 10.5. The summed E-state index contributed by atoms with van der Waals surface area (Å²) < 4.78 is 6.88. The Morgan fingerprint density at radius 2 is 2.08 bits per heavy atom. The third-order valence-electron chi connectivity index (χ3n) is 1.39. The number of rotatable bonds is 6. The molecule has 0 spiro atoms. The van der Waals surface area contributed by atoms with Crippen LogP contribution in [-0.4, -0.2) is 29.3 Å². The SMILES string of the molecule is CCN(CC)P(O)OCCC#N. The Morgan fingerprint density at radius 1 is 1.50 bits per heavy atom. The van der Waals surface area contributed by atoms with Crippen LogP contribution in [0.2, 0.25) is 0 Å². The molecule has 1 unspecified atom stereocenters.